The van der Waals surface area contributed by atoms with Gasteiger partial charge >= 0.3 is 5.97 Å². The number of amides is 1. The second-order valence-corrected chi connectivity index (χ2v) is 5.88. The number of aliphatic carboxylic acids is 1. The van der Waals surface area contributed by atoms with Crippen molar-refractivity contribution < 1.29 is 14.7 Å². The third-order valence-corrected chi connectivity index (χ3v) is 3.57. The van der Waals surface area contributed by atoms with Gasteiger partial charge in [-0.25, -0.2) is 4.98 Å². The van der Waals surface area contributed by atoms with Gasteiger partial charge in [0.15, 0.2) is 5.16 Å². The number of nitrogens with zero attached hydrogens (tertiary/aromatic N) is 2. The Morgan fingerprint density at radius 3 is 2.68 bits per heavy atom. The van der Waals surface area contributed by atoms with Crippen LogP contribution in [-0.2, 0) is 16.1 Å². The van der Waals surface area contributed by atoms with E-state index in [9.17, 15) is 9.59 Å². The molecule has 0 spiro atoms. The Hall–Kier alpha value is -1.50. The van der Waals surface area contributed by atoms with Crippen LogP contribution in [0.15, 0.2) is 11.4 Å². The summed E-state index contributed by atoms with van der Waals surface area (Å²) in [7, 11) is 1.60. The number of hydrogen-bond donors (Lipinski definition) is 2. The molecule has 0 atom stereocenters. The quantitative estimate of drug-likeness (QED) is 0.766. The van der Waals surface area contributed by atoms with E-state index in [4.69, 9.17) is 5.11 Å². The van der Waals surface area contributed by atoms with Crippen molar-refractivity contribution in [3.63, 3.8) is 0 Å². The largest absolute Gasteiger partial charge is 0.481 e. The highest BCUT2D eigenvalue weighted by Crippen LogP contribution is 2.24. The molecular formula is C12H19N3O3S. The van der Waals surface area contributed by atoms with E-state index in [1.807, 2.05) is 31.5 Å². The first-order valence-corrected chi connectivity index (χ1v) is 6.85. The zero-order chi connectivity index (χ0) is 14.6. The molecule has 0 unspecified atom stereocenters. The molecule has 2 N–H and O–H groups in total. The van der Waals surface area contributed by atoms with Crippen LogP contribution >= 0.6 is 11.8 Å². The lowest BCUT2D eigenvalue weighted by Gasteiger charge is -2.23. The molecule has 7 heteroatoms. The van der Waals surface area contributed by atoms with Gasteiger partial charge in [-0.3, -0.25) is 9.59 Å². The van der Waals surface area contributed by atoms with Crippen LogP contribution in [0.4, 0.5) is 0 Å². The van der Waals surface area contributed by atoms with Crippen LogP contribution in [0.5, 0.6) is 0 Å². The van der Waals surface area contributed by atoms with Gasteiger partial charge in [0.1, 0.15) is 0 Å². The SMILES string of the molecule is CNC(=O)C(C)(C)Cn1cc(C)nc1SCC(=O)O. The lowest BCUT2D eigenvalue weighted by Crippen LogP contribution is -2.37. The number of aromatic nitrogens is 2. The van der Waals surface area contributed by atoms with E-state index in [-0.39, 0.29) is 11.7 Å². The minimum Gasteiger partial charge on any atom is -0.481 e. The summed E-state index contributed by atoms with van der Waals surface area (Å²) >= 11 is 1.16. The monoisotopic (exact) mass is 285 g/mol. The molecule has 0 bridgehead atoms. The minimum absolute atomic E-state index is 0.0448. The summed E-state index contributed by atoms with van der Waals surface area (Å²) < 4.78 is 1.83. The lowest BCUT2D eigenvalue weighted by atomic mass is 9.92. The van der Waals surface area contributed by atoms with E-state index in [1.54, 1.807) is 7.05 Å². The highest BCUT2D eigenvalue weighted by atomic mass is 32.2. The van der Waals surface area contributed by atoms with Crippen LogP contribution in [0.3, 0.4) is 0 Å². The number of hydrogen-bond acceptors (Lipinski definition) is 4. The van der Waals surface area contributed by atoms with E-state index in [2.05, 4.69) is 10.3 Å². The summed E-state index contributed by atoms with van der Waals surface area (Å²) in [4.78, 5) is 26.7. The number of imidazole rings is 1. The topological polar surface area (TPSA) is 84.2 Å². The number of aryl methyl sites for hydroxylation is 1. The number of rotatable bonds is 6. The molecule has 0 saturated heterocycles. The van der Waals surface area contributed by atoms with Crippen LogP contribution in [0.2, 0.25) is 0 Å². The zero-order valence-electron chi connectivity index (χ0n) is 11.6. The Labute approximate surface area is 116 Å². The van der Waals surface area contributed by atoms with Crippen molar-refractivity contribution in [2.75, 3.05) is 12.8 Å². The van der Waals surface area contributed by atoms with Gasteiger partial charge in [0.2, 0.25) is 5.91 Å². The number of carboxylic acid groups (broad SMARTS) is 1. The molecule has 0 aliphatic rings. The van der Waals surface area contributed by atoms with Gasteiger partial charge in [-0.2, -0.15) is 0 Å². The Bertz CT molecular complexity index is 483. The normalized spacial score (nSPS) is 11.4. The molecule has 0 fully saturated rings. The molecule has 106 valence electrons. The summed E-state index contributed by atoms with van der Waals surface area (Å²) in [6, 6.07) is 0. The number of carbonyl (C=O) groups excluding carboxylic acids is 1. The van der Waals surface area contributed by atoms with Gasteiger partial charge in [-0.05, 0) is 20.8 Å². The lowest BCUT2D eigenvalue weighted by molar-refractivity contribution is -0.134. The van der Waals surface area contributed by atoms with Gasteiger partial charge in [0, 0.05) is 19.8 Å². The molecule has 0 saturated carbocycles. The molecule has 1 aromatic heterocycles. The average molecular weight is 285 g/mol. The van der Waals surface area contributed by atoms with Crippen LogP contribution in [0.25, 0.3) is 0 Å². The Morgan fingerprint density at radius 2 is 2.16 bits per heavy atom. The molecule has 0 radical (unpaired) electrons. The molecule has 1 heterocycles. The predicted octanol–water partition coefficient (Wildman–Crippen LogP) is 1.14. The molecule has 1 aromatic rings. The number of carboxylic acids is 1. The second kappa shape index (κ2) is 6.10. The summed E-state index contributed by atoms with van der Waals surface area (Å²) in [6.07, 6.45) is 1.83. The maximum atomic E-state index is 11.8. The van der Waals surface area contributed by atoms with Crippen molar-refractivity contribution in [2.24, 2.45) is 5.41 Å². The Morgan fingerprint density at radius 1 is 1.53 bits per heavy atom. The van der Waals surface area contributed by atoms with E-state index >= 15 is 0 Å². The molecule has 1 rings (SSSR count). The Kier molecular flexibility index (Phi) is 4.99. The zero-order valence-corrected chi connectivity index (χ0v) is 12.4. The summed E-state index contributed by atoms with van der Waals surface area (Å²) in [6.45, 7) is 5.98. The van der Waals surface area contributed by atoms with Gasteiger partial charge < -0.3 is 15.0 Å². The smallest absolute Gasteiger partial charge is 0.313 e. The first-order chi connectivity index (χ1) is 8.76. The van der Waals surface area contributed by atoms with Gasteiger partial charge in [-0.1, -0.05) is 11.8 Å². The number of carbonyl (C=O) groups is 2. The van der Waals surface area contributed by atoms with Crippen molar-refractivity contribution in [1.82, 2.24) is 14.9 Å². The van der Waals surface area contributed by atoms with Crippen LogP contribution < -0.4 is 5.32 Å². The van der Waals surface area contributed by atoms with E-state index in [0.717, 1.165) is 17.5 Å². The van der Waals surface area contributed by atoms with E-state index < -0.39 is 11.4 Å². The summed E-state index contributed by atoms with van der Waals surface area (Å²) in [5.41, 5.74) is 0.223. The Balaban J connectivity index is 2.88. The second-order valence-electron chi connectivity index (χ2n) is 4.94. The first kappa shape index (κ1) is 15.6. The molecule has 0 aliphatic heterocycles. The van der Waals surface area contributed by atoms with Crippen LogP contribution in [0, 0.1) is 12.3 Å². The van der Waals surface area contributed by atoms with Crippen LogP contribution in [-0.4, -0.2) is 39.3 Å². The van der Waals surface area contributed by atoms with Gasteiger partial charge in [-0.15, -0.1) is 0 Å². The van der Waals surface area contributed by atoms with Crippen molar-refractivity contribution in [3.05, 3.63) is 11.9 Å². The third-order valence-electron chi connectivity index (χ3n) is 2.59. The summed E-state index contributed by atoms with van der Waals surface area (Å²) in [5.74, 6) is -0.993. The molecule has 0 aliphatic carbocycles. The standard InChI is InChI=1S/C12H19N3O3S/c1-8-5-15(7-12(2,3)10(18)13-4)11(14-8)19-6-9(16)17/h5H,6-7H2,1-4H3,(H,13,18)(H,16,17). The maximum Gasteiger partial charge on any atom is 0.313 e. The van der Waals surface area contributed by atoms with Gasteiger partial charge in [0.25, 0.3) is 0 Å². The fourth-order valence-corrected chi connectivity index (χ4v) is 2.46. The fourth-order valence-electron chi connectivity index (χ4n) is 1.72. The molecule has 19 heavy (non-hydrogen) atoms. The molecule has 0 aromatic carbocycles. The molecule has 6 nitrogen and oxygen atoms in total. The predicted molar refractivity (Wildman–Crippen MR) is 73.2 cm³/mol. The maximum absolute atomic E-state index is 11.8. The third kappa shape index (κ3) is 4.27. The highest BCUT2D eigenvalue weighted by molar-refractivity contribution is 7.99. The average Bonchev–Trinajstić information content (AvgIpc) is 2.64. The molecule has 1 amide bonds. The van der Waals surface area contributed by atoms with E-state index in [1.165, 1.54) is 0 Å². The number of thioether (sulfide) groups is 1. The highest BCUT2D eigenvalue weighted by Gasteiger charge is 2.28. The number of nitrogens with one attached hydrogen (secondary N) is 1. The fraction of sp³-hybridized carbons (Fsp3) is 0.583. The first-order valence-electron chi connectivity index (χ1n) is 5.87. The van der Waals surface area contributed by atoms with E-state index in [0.29, 0.717) is 11.7 Å². The van der Waals surface area contributed by atoms with Crippen molar-refractivity contribution in [1.29, 1.82) is 0 Å². The van der Waals surface area contributed by atoms with Gasteiger partial charge in [0.05, 0.1) is 16.9 Å². The minimum atomic E-state index is -0.886. The van der Waals surface area contributed by atoms with Crippen molar-refractivity contribution >= 4 is 23.6 Å². The van der Waals surface area contributed by atoms with Crippen LogP contribution in [0.1, 0.15) is 19.5 Å². The van der Waals surface area contributed by atoms with Crippen molar-refractivity contribution in [3.8, 4) is 0 Å². The molecular weight excluding hydrogens is 266 g/mol. The summed E-state index contributed by atoms with van der Waals surface area (Å²) in [5, 5.41) is 12.0. The van der Waals surface area contributed by atoms with Crippen molar-refractivity contribution in [2.45, 2.75) is 32.5 Å².